The summed E-state index contributed by atoms with van der Waals surface area (Å²) in [6.07, 6.45) is 5.86. The minimum Gasteiger partial charge on any atom is -0.478 e. The molecule has 0 unspecified atom stereocenters. The average Bonchev–Trinajstić information content (AvgIpc) is 2.84. The van der Waals surface area contributed by atoms with Crippen LogP contribution in [0.4, 0.5) is 0 Å². The van der Waals surface area contributed by atoms with Crippen LogP contribution >= 0.6 is 0 Å². The number of aromatic carboxylic acids is 2. The fourth-order valence-corrected chi connectivity index (χ4v) is 2.88. The van der Waals surface area contributed by atoms with Gasteiger partial charge in [0.15, 0.2) is 0 Å². The van der Waals surface area contributed by atoms with Crippen LogP contribution in [0.5, 0.6) is 0 Å². The Morgan fingerprint density at radius 1 is 0.588 bits per heavy atom. The van der Waals surface area contributed by atoms with Crippen molar-refractivity contribution in [2.45, 2.75) is 52.4 Å². The molecular formula is C26H32O8. The van der Waals surface area contributed by atoms with Gasteiger partial charge in [-0.05, 0) is 37.1 Å². The third-order valence-electron chi connectivity index (χ3n) is 4.72. The maximum Gasteiger partial charge on any atom is 0.339 e. The van der Waals surface area contributed by atoms with Crippen LogP contribution in [0.25, 0.3) is 0 Å². The highest BCUT2D eigenvalue weighted by molar-refractivity contribution is 6.03. The van der Waals surface area contributed by atoms with Crippen molar-refractivity contribution in [2.24, 2.45) is 0 Å². The minimum absolute atomic E-state index is 0.190. The molecule has 0 saturated heterocycles. The predicted molar refractivity (Wildman–Crippen MR) is 126 cm³/mol. The van der Waals surface area contributed by atoms with Crippen molar-refractivity contribution in [1.82, 2.24) is 0 Å². The zero-order valence-corrected chi connectivity index (χ0v) is 19.6. The Balaban J connectivity index is 0.000000404. The van der Waals surface area contributed by atoms with Crippen molar-refractivity contribution >= 4 is 23.9 Å². The summed E-state index contributed by atoms with van der Waals surface area (Å²) in [5.74, 6) is -3.38. The number of carbonyl (C=O) groups excluding carboxylic acids is 2. The first-order valence-corrected chi connectivity index (χ1v) is 11.3. The van der Waals surface area contributed by atoms with Gasteiger partial charge in [-0.1, -0.05) is 63.8 Å². The van der Waals surface area contributed by atoms with Crippen molar-refractivity contribution in [1.29, 1.82) is 0 Å². The first kappa shape index (κ1) is 28.4. The molecule has 0 aromatic heterocycles. The molecule has 2 aromatic rings. The first-order chi connectivity index (χ1) is 16.3. The monoisotopic (exact) mass is 472 g/mol. The molecule has 0 amide bonds. The molecule has 8 nitrogen and oxygen atoms in total. The summed E-state index contributed by atoms with van der Waals surface area (Å²) >= 11 is 0. The molecule has 0 spiro atoms. The molecule has 2 rings (SSSR count). The summed E-state index contributed by atoms with van der Waals surface area (Å²) in [4.78, 5) is 45.1. The summed E-state index contributed by atoms with van der Waals surface area (Å²) in [5, 5.41) is 17.1. The molecule has 184 valence electrons. The third kappa shape index (κ3) is 9.85. The van der Waals surface area contributed by atoms with Gasteiger partial charge in [-0.15, -0.1) is 0 Å². The lowest BCUT2D eigenvalue weighted by Crippen LogP contribution is -2.15. The van der Waals surface area contributed by atoms with Gasteiger partial charge in [0, 0.05) is 0 Å². The Bertz CT molecular complexity index is 875. The van der Waals surface area contributed by atoms with E-state index in [4.69, 9.17) is 19.7 Å². The highest BCUT2D eigenvalue weighted by Gasteiger charge is 2.18. The normalized spacial score (nSPS) is 9.94. The van der Waals surface area contributed by atoms with Crippen molar-refractivity contribution < 1.29 is 38.9 Å². The second-order valence-corrected chi connectivity index (χ2v) is 7.39. The molecule has 8 heteroatoms. The lowest BCUT2D eigenvalue weighted by atomic mass is 10.1. The molecule has 0 saturated carbocycles. The van der Waals surface area contributed by atoms with Crippen molar-refractivity contribution in [2.75, 3.05) is 13.2 Å². The van der Waals surface area contributed by atoms with Crippen molar-refractivity contribution in [3.63, 3.8) is 0 Å². The molecule has 0 heterocycles. The summed E-state index contributed by atoms with van der Waals surface area (Å²) in [6.45, 7) is 4.94. The van der Waals surface area contributed by atoms with E-state index in [0.29, 0.717) is 13.2 Å². The molecule has 0 aliphatic rings. The maximum atomic E-state index is 12.1. The van der Waals surface area contributed by atoms with Crippen LogP contribution in [-0.4, -0.2) is 47.3 Å². The van der Waals surface area contributed by atoms with Gasteiger partial charge in [0.1, 0.15) is 0 Å². The van der Waals surface area contributed by atoms with Gasteiger partial charge in [-0.2, -0.15) is 0 Å². The SMILES string of the molecule is CCCCCOC(=O)c1ccccc1C(=O)OCCCCC.O=C(O)c1ccccc1C(=O)O. The lowest BCUT2D eigenvalue weighted by Gasteiger charge is -2.09. The van der Waals surface area contributed by atoms with Gasteiger partial charge in [0.25, 0.3) is 0 Å². The van der Waals surface area contributed by atoms with E-state index in [2.05, 4.69) is 13.8 Å². The van der Waals surface area contributed by atoms with Crippen LogP contribution in [0, 0.1) is 0 Å². The Morgan fingerprint density at radius 2 is 0.912 bits per heavy atom. The topological polar surface area (TPSA) is 127 Å². The van der Waals surface area contributed by atoms with Gasteiger partial charge in [-0.25, -0.2) is 19.2 Å². The van der Waals surface area contributed by atoms with E-state index in [0.717, 1.165) is 38.5 Å². The highest BCUT2D eigenvalue weighted by Crippen LogP contribution is 2.13. The molecule has 0 radical (unpaired) electrons. The minimum atomic E-state index is -1.23. The van der Waals surface area contributed by atoms with Gasteiger partial charge in [0.05, 0.1) is 35.5 Å². The molecule has 2 aromatic carbocycles. The molecule has 0 aliphatic heterocycles. The average molecular weight is 473 g/mol. The number of hydrogen-bond donors (Lipinski definition) is 2. The summed E-state index contributed by atoms with van der Waals surface area (Å²) in [6, 6.07) is 12.1. The van der Waals surface area contributed by atoms with Gasteiger partial charge in [0.2, 0.25) is 0 Å². The molecule has 0 fully saturated rings. The number of esters is 2. The number of carboxylic acids is 2. The van der Waals surface area contributed by atoms with Gasteiger partial charge in [-0.3, -0.25) is 0 Å². The molecular weight excluding hydrogens is 440 g/mol. The van der Waals surface area contributed by atoms with Gasteiger partial charge < -0.3 is 19.7 Å². The number of rotatable bonds is 12. The van der Waals surface area contributed by atoms with E-state index in [1.807, 2.05) is 0 Å². The quantitative estimate of drug-likeness (QED) is 0.308. The number of hydrogen-bond acceptors (Lipinski definition) is 6. The Morgan fingerprint density at radius 3 is 1.21 bits per heavy atom. The second-order valence-electron chi connectivity index (χ2n) is 7.39. The zero-order chi connectivity index (χ0) is 25.3. The standard InChI is InChI=1S/C18H26O4.C8H6O4/c1-3-5-9-13-21-17(19)15-11-7-8-12-16(15)18(20)22-14-10-6-4-2;9-7(10)5-3-1-2-4-6(5)8(11)12/h7-8,11-12H,3-6,9-10,13-14H2,1-2H3;1-4H,(H,9,10)(H,11,12). The molecule has 0 atom stereocenters. The number of carboxylic acid groups (broad SMARTS) is 2. The number of ether oxygens (including phenoxy) is 2. The second kappa shape index (κ2) is 16.0. The zero-order valence-electron chi connectivity index (χ0n) is 19.6. The largest absolute Gasteiger partial charge is 0.478 e. The molecule has 34 heavy (non-hydrogen) atoms. The van der Waals surface area contributed by atoms with Crippen LogP contribution in [0.1, 0.15) is 93.8 Å². The molecule has 0 aliphatic carbocycles. The van der Waals surface area contributed by atoms with E-state index >= 15 is 0 Å². The summed E-state index contributed by atoms with van der Waals surface area (Å²) in [7, 11) is 0. The van der Waals surface area contributed by atoms with Crippen LogP contribution < -0.4 is 0 Å². The van der Waals surface area contributed by atoms with Crippen molar-refractivity contribution in [3.05, 3.63) is 70.8 Å². The number of carbonyl (C=O) groups is 4. The van der Waals surface area contributed by atoms with Crippen LogP contribution in [0.3, 0.4) is 0 Å². The lowest BCUT2D eigenvalue weighted by molar-refractivity contribution is 0.0451. The van der Waals surface area contributed by atoms with Gasteiger partial charge >= 0.3 is 23.9 Å². The fourth-order valence-electron chi connectivity index (χ4n) is 2.88. The first-order valence-electron chi connectivity index (χ1n) is 11.3. The Kier molecular flexibility index (Phi) is 13.4. The molecule has 2 N–H and O–H groups in total. The van der Waals surface area contributed by atoms with E-state index in [9.17, 15) is 19.2 Å². The number of unbranched alkanes of at least 4 members (excludes halogenated alkanes) is 4. The predicted octanol–water partition coefficient (Wildman–Crippen LogP) is 5.46. The summed E-state index contributed by atoms with van der Waals surface area (Å²) in [5.41, 5.74) is 0.175. The molecule has 0 bridgehead atoms. The van der Waals surface area contributed by atoms with E-state index in [1.165, 1.54) is 24.3 Å². The van der Waals surface area contributed by atoms with Crippen molar-refractivity contribution in [3.8, 4) is 0 Å². The Labute approximate surface area is 199 Å². The fraction of sp³-hybridized carbons (Fsp3) is 0.385. The summed E-state index contributed by atoms with van der Waals surface area (Å²) < 4.78 is 10.4. The smallest absolute Gasteiger partial charge is 0.339 e. The van der Waals surface area contributed by atoms with E-state index < -0.39 is 23.9 Å². The third-order valence-corrected chi connectivity index (χ3v) is 4.72. The van der Waals surface area contributed by atoms with E-state index in [1.54, 1.807) is 24.3 Å². The highest BCUT2D eigenvalue weighted by atomic mass is 16.5. The Hall–Kier alpha value is -3.68. The van der Waals surface area contributed by atoms with Crippen LogP contribution in [0.2, 0.25) is 0 Å². The van der Waals surface area contributed by atoms with Crippen LogP contribution in [0.15, 0.2) is 48.5 Å². The number of benzene rings is 2. The van der Waals surface area contributed by atoms with Crippen LogP contribution in [-0.2, 0) is 9.47 Å². The maximum absolute atomic E-state index is 12.1. The van der Waals surface area contributed by atoms with E-state index in [-0.39, 0.29) is 22.3 Å².